The van der Waals surface area contributed by atoms with Gasteiger partial charge in [-0.2, -0.15) is 0 Å². The third-order valence-corrected chi connectivity index (χ3v) is 4.85. The summed E-state index contributed by atoms with van der Waals surface area (Å²) in [5.41, 5.74) is 2.83. The van der Waals surface area contributed by atoms with E-state index in [2.05, 4.69) is 5.16 Å². The standard InChI is InChI=1S/C21H21ClN2O5/c1-12-7-16(5-6-18(12)22)27-11-21(26)28-10-19(25)17-8-13(2)24(15(17)4)20-9-14(3)29-23-20/h5-9H,10-11H2,1-4H3. The predicted molar refractivity (Wildman–Crippen MR) is 107 cm³/mol. The molecule has 3 aromatic rings. The summed E-state index contributed by atoms with van der Waals surface area (Å²) >= 11 is 5.96. The molecule has 152 valence electrons. The van der Waals surface area contributed by atoms with E-state index in [1.807, 2.05) is 18.4 Å². The average molecular weight is 417 g/mol. The van der Waals surface area contributed by atoms with Crippen molar-refractivity contribution in [3.63, 3.8) is 0 Å². The highest BCUT2D eigenvalue weighted by Crippen LogP contribution is 2.22. The quantitative estimate of drug-likeness (QED) is 0.425. The van der Waals surface area contributed by atoms with Gasteiger partial charge in [0.25, 0.3) is 0 Å². The van der Waals surface area contributed by atoms with Crippen LogP contribution in [0.25, 0.3) is 5.82 Å². The number of benzene rings is 1. The molecule has 0 saturated heterocycles. The largest absolute Gasteiger partial charge is 0.482 e. The second-order valence-electron chi connectivity index (χ2n) is 6.70. The molecule has 0 unspecified atom stereocenters. The lowest BCUT2D eigenvalue weighted by atomic mass is 10.1. The number of ether oxygens (including phenoxy) is 2. The molecule has 0 radical (unpaired) electrons. The molecule has 0 aliphatic heterocycles. The maximum absolute atomic E-state index is 12.5. The van der Waals surface area contributed by atoms with Gasteiger partial charge in [0.15, 0.2) is 19.0 Å². The number of ketones is 1. The van der Waals surface area contributed by atoms with E-state index in [1.54, 1.807) is 44.2 Å². The van der Waals surface area contributed by atoms with E-state index in [0.717, 1.165) is 11.3 Å². The van der Waals surface area contributed by atoms with Crippen molar-refractivity contribution in [2.75, 3.05) is 13.2 Å². The molecular weight excluding hydrogens is 396 g/mol. The third kappa shape index (κ3) is 4.68. The molecule has 0 aliphatic rings. The van der Waals surface area contributed by atoms with Crippen molar-refractivity contribution < 1.29 is 23.6 Å². The van der Waals surface area contributed by atoms with Crippen molar-refractivity contribution >= 4 is 23.4 Å². The van der Waals surface area contributed by atoms with Crippen molar-refractivity contribution in [2.24, 2.45) is 0 Å². The number of hydrogen-bond acceptors (Lipinski definition) is 6. The molecule has 1 aromatic carbocycles. The molecule has 8 heteroatoms. The predicted octanol–water partition coefficient (Wildman–Crippen LogP) is 4.16. The molecule has 7 nitrogen and oxygen atoms in total. The minimum absolute atomic E-state index is 0.300. The van der Waals surface area contributed by atoms with Crippen molar-refractivity contribution in [1.29, 1.82) is 0 Å². The SMILES string of the molecule is Cc1cc(-n2c(C)cc(C(=O)COC(=O)COc3ccc(Cl)c(C)c3)c2C)no1. The normalized spacial score (nSPS) is 10.8. The van der Waals surface area contributed by atoms with Gasteiger partial charge in [0, 0.05) is 28.0 Å². The van der Waals surface area contributed by atoms with Crippen LogP contribution in [0.1, 0.15) is 33.1 Å². The Hall–Kier alpha value is -3.06. The van der Waals surface area contributed by atoms with Crippen LogP contribution in [0.2, 0.25) is 5.02 Å². The Bertz CT molecular complexity index is 1070. The Kier molecular flexibility index (Phi) is 6.08. The first kappa shape index (κ1) is 20.7. The number of carbonyl (C=O) groups excluding carboxylic acids is 2. The summed E-state index contributed by atoms with van der Waals surface area (Å²) in [7, 11) is 0. The molecule has 0 N–H and O–H groups in total. The number of hydrogen-bond donors (Lipinski definition) is 0. The maximum Gasteiger partial charge on any atom is 0.344 e. The number of nitrogens with zero attached hydrogens (tertiary/aromatic N) is 2. The van der Waals surface area contributed by atoms with Crippen LogP contribution in [0.15, 0.2) is 34.9 Å². The number of halogens is 1. The Morgan fingerprint density at radius 3 is 2.52 bits per heavy atom. The summed E-state index contributed by atoms with van der Waals surface area (Å²) in [6, 6.07) is 8.59. The van der Waals surface area contributed by atoms with Crippen LogP contribution in [0.4, 0.5) is 0 Å². The lowest BCUT2D eigenvalue weighted by Crippen LogP contribution is -2.19. The fourth-order valence-electron chi connectivity index (χ4n) is 2.97. The second-order valence-corrected chi connectivity index (χ2v) is 7.11. The second kappa shape index (κ2) is 8.53. The van der Waals surface area contributed by atoms with Crippen molar-refractivity contribution in [3.8, 4) is 11.6 Å². The van der Waals surface area contributed by atoms with Crippen molar-refractivity contribution in [3.05, 3.63) is 63.6 Å². The van der Waals surface area contributed by atoms with Gasteiger partial charge in [-0.25, -0.2) is 4.79 Å². The van der Waals surface area contributed by atoms with E-state index in [4.69, 9.17) is 25.6 Å². The molecule has 0 saturated carbocycles. The highest BCUT2D eigenvalue weighted by molar-refractivity contribution is 6.31. The van der Waals surface area contributed by atoms with Gasteiger partial charge in [-0.1, -0.05) is 16.8 Å². The van der Waals surface area contributed by atoms with E-state index in [1.165, 1.54) is 0 Å². The van der Waals surface area contributed by atoms with Crippen LogP contribution in [0.5, 0.6) is 5.75 Å². The van der Waals surface area contributed by atoms with Crippen molar-refractivity contribution in [2.45, 2.75) is 27.7 Å². The zero-order valence-corrected chi connectivity index (χ0v) is 17.4. The minimum Gasteiger partial charge on any atom is -0.482 e. The monoisotopic (exact) mass is 416 g/mol. The van der Waals surface area contributed by atoms with Gasteiger partial charge < -0.3 is 14.0 Å². The van der Waals surface area contributed by atoms with Gasteiger partial charge in [-0.3, -0.25) is 9.36 Å². The molecule has 0 spiro atoms. The summed E-state index contributed by atoms with van der Waals surface area (Å²) in [5, 5.41) is 4.60. The minimum atomic E-state index is -0.633. The van der Waals surface area contributed by atoms with Gasteiger partial charge in [-0.15, -0.1) is 0 Å². The molecular formula is C21H21ClN2O5. The topological polar surface area (TPSA) is 83.6 Å². The van der Waals surface area contributed by atoms with Gasteiger partial charge in [0.05, 0.1) is 0 Å². The number of esters is 1. The smallest absolute Gasteiger partial charge is 0.344 e. The van der Waals surface area contributed by atoms with Crippen LogP contribution < -0.4 is 4.74 Å². The Morgan fingerprint density at radius 2 is 1.86 bits per heavy atom. The van der Waals surface area contributed by atoms with E-state index in [0.29, 0.717) is 33.6 Å². The molecule has 0 fully saturated rings. The summed E-state index contributed by atoms with van der Waals surface area (Å²) in [5.74, 6) is 0.833. The number of carbonyl (C=O) groups is 2. The van der Waals surface area contributed by atoms with Crippen LogP contribution in [0, 0.1) is 27.7 Å². The van der Waals surface area contributed by atoms with Crippen LogP contribution >= 0.6 is 11.6 Å². The average Bonchev–Trinajstić information content (AvgIpc) is 3.23. The Balaban J connectivity index is 1.59. The first-order chi connectivity index (χ1) is 13.8. The van der Waals surface area contributed by atoms with Crippen LogP contribution in [-0.4, -0.2) is 34.7 Å². The summed E-state index contributed by atoms with van der Waals surface area (Å²) < 4.78 is 17.4. The molecule has 0 bridgehead atoms. The van der Waals surface area contributed by atoms with E-state index in [-0.39, 0.29) is 19.0 Å². The molecule has 2 aromatic heterocycles. The highest BCUT2D eigenvalue weighted by Gasteiger charge is 2.19. The fraction of sp³-hybridized carbons (Fsp3) is 0.286. The fourth-order valence-corrected chi connectivity index (χ4v) is 3.09. The number of rotatable bonds is 7. The van der Waals surface area contributed by atoms with Crippen molar-refractivity contribution in [1.82, 2.24) is 9.72 Å². The van der Waals surface area contributed by atoms with E-state index >= 15 is 0 Å². The summed E-state index contributed by atoms with van der Waals surface area (Å²) in [6.45, 7) is 6.63. The molecule has 29 heavy (non-hydrogen) atoms. The highest BCUT2D eigenvalue weighted by atomic mass is 35.5. The first-order valence-electron chi connectivity index (χ1n) is 8.96. The lowest BCUT2D eigenvalue weighted by Gasteiger charge is -2.08. The summed E-state index contributed by atoms with van der Waals surface area (Å²) in [6.07, 6.45) is 0. The van der Waals surface area contributed by atoms with Gasteiger partial charge in [0.2, 0.25) is 5.78 Å². The molecule has 3 rings (SSSR count). The van der Waals surface area contributed by atoms with Gasteiger partial charge in [0.1, 0.15) is 11.5 Å². The Labute approximate surface area is 173 Å². The summed E-state index contributed by atoms with van der Waals surface area (Å²) in [4.78, 5) is 24.5. The number of aromatic nitrogens is 2. The van der Waals surface area contributed by atoms with Crippen LogP contribution in [-0.2, 0) is 9.53 Å². The van der Waals surface area contributed by atoms with E-state index in [9.17, 15) is 9.59 Å². The lowest BCUT2D eigenvalue weighted by molar-refractivity contribution is -0.144. The first-order valence-corrected chi connectivity index (χ1v) is 9.34. The number of aryl methyl sites for hydroxylation is 3. The molecule has 0 atom stereocenters. The van der Waals surface area contributed by atoms with Crippen LogP contribution in [0.3, 0.4) is 0 Å². The molecule has 0 amide bonds. The molecule has 2 heterocycles. The zero-order chi connectivity index (χ0) is 21.1. The zero-order valence-electron chi connectivity index (χ0n) is 16.6. The number of Topliss-reactive ketones (excluding diaryl/α,β-unsaturated/α-hetero) is 1. The van der Waals surface area contributed by atoms with Gasteiger partial charge in [-0.05, 0) is 57.5 Å². The van der Waals surface area contributed by atoms with Gasteiger partial charge >= 0.3 is 5.97 Å². The van der Waals surface area contributed by atoms with E-state index < -0.39 is 5.97 Å². The molecule has 0 aliphatic carbocycles. The third-order valence-electron chi connectivity index (χ3n) is 4.43. The maximum atomic E-state index is 12.5. The Morgan fingerprint density at radius 1 is 1.10 bits per heavy atom.